The number of aliphatic hydroxyl groups is 1. The number of phenolic OH excluding ortho intramolecular Hbond substituents is 1. The van der Waals surface area contributed by atoms with Crippen molar-refractivity contribution in [2.24, 2.45) is 56.7 Å². The van der Waals surface area contributed by atoms with Crippen molar-refractivity contribution < 1.29 is 24.5 Å². The first-order chi connectivity index (χ1) is 21.5. The minimum atomic E-state index is -0.789. The predicted octanol–water partition coefficient (Wildman–Crippen LogP) is 7.61. The van der Waals surface area contributed by atoms with Gasteiger partial charge in [0.25, 0.3) is 0 Å². The van der Waals surface area contributed by atoms with Gasteiger partial charge in [-0.1, -0.05) is 58.9 Å². The Hall–Kier alpha value is -2.34. The van der Waals surface area contributed by atoms with Crippen LogP contribution in [0.5, 0.6) is 5.75 Å². The smallest absolute Gasteiger partial charge is 0.328 e. The van der Waals surface area contributed by atoms with Crippen LogP contribution >= 0.6 is 0 Å². The van der Waals surface area contributed by atoms with Crippen molar-refractivity contribution >= 4 is 11.9 Å². The minimum Gasteiger partial charge on any atom is -0.508 e. The summed E-state index contributed by atoms with van der Waals surface area (Å²) >= 11 is 0. The third-order valence-corrected chi connectivity index (χ3v) is 15.7. The number of aliphatic hydroxyl groups excluding tert-OH is 1. The Morgan fingerprint density at radius 2 is 1.61 bits per heavy atom. The average Bonchev–Trinajstić information content (AvgIpc) is 3.41. The number of carbonyl (C=O) groups is 2. The molecule has 5 saturated carbocycles. The summed E-state index contributed by atoms with van der Waals surface area (Å²) in [6, 6.07) is 6.01. The van der Waals surface area contributed by atoms with E-state index in [9.17, 15) is 19.8 Å². The van der Waals surface area contributed by atoms with E-state index in [-0.39, 0.29) is 45.3 Å². The van der Waals surface area contributed by atoms with E-state index in [1.807, 2.05) is 0 Å². The topological polar surface area (TPSA) is 95.9 Å². The van der Waals surface area contributed by atoms with Gasteiger partial charge < -0.3 is 20.3 Å². The molecule has 0 unspecified atom stereocenters. The van der Waals surface area contributed by atoms with Crippen LogP contribution in [0.1, 0.15) is 111 Å². The summed E-state index contributed by atoms with van der Waals surface area (Å²) in [6.07, 6.45) is 10.4. The summed E-state index contributed by atoms with van der Waals surface area (Å²) in [5, 5.41) is 24.1. The first kappa shape index (κ1) is 33.6. The molecule has 254 valence electrons. The van der Waals surface area contributed by atoms with E-state index in [0.717, 1.165) is 56.9 Å². The van der Waals surface area contributed by atoms with Gasteiger partial charge in [0.15, 0.2) is 0 Å². The predicted molar refractivity (Wildman–Crippen MR) is 181 cm³/mol. The van der Waals surface area contributed by atoms with Crippen molar-refractivity contribution in [2.75, 3.05) is 7.11 Å². The van der Waals surface area contributed by atoms with Gasteiger partial charge in [-0.3, -0.25) is 4.79 Å². The van der Waals surface area contributed by atoms with Crippen molar-refractivity contribution in [3.8, 4) is 5.75 Å². The fourth-order valence-corrected chi connectivity index (χ4v) is 13.0. The summed E-state index contributed by atoms with van der Waals surface area (Å²) in [4.78, 5) is 27.8. The number of hydrogen-bond acceptors (Lipinski definition) is 5. The highest BCUT2D eigenvalue weighted by atomic mass is 16.5. The molecule has 0 bridgehead atoms. The summed E-state index contributed by atoms with van der Waals surface area (Å²) in [7, 11) is 1.38. The third kappa shape index (κ3) is 4.73. The van der Waals surface area contributed by atoms with Crippen LogP contribution in [0.3, 0.4) is 0 Å². The van der Waals surface area contributed by atoms with Crippen molar-refractivity contribution in [1.82, 2.24) is 5.32 Å². The summed E-state index contributed by atoms with van der Waals surface area (Å²) in [6.45, 7) is 19.0. The molecule has 6 nitrogen and oxygen atoms in total. The maximum Gasteiger partial charge on any atom is 0.328 e. The number of fused-ring (bicyclic) bond motifs is 7. The van der Waals surface area contributed by atoms with Crippen LogP contribution in [0.2, 0.25) is 0 Å². The number of esters is 1. The molecule has 0 spiro atoms. The SMILES string of the molecule is C=C(C)[C@@H]1CC[C@]2(C(=O)N[C@@H](Cc3ccc(O)cc3)C(=O)OC)CC[C@]3(C)[C@H](CC[C@@H]4[C@@]5(C)CC[C@H](O)C(C)(C)[C@@H]5CC[C@]43C)[C@@H]12. The van der Waals surface area contributed by atoms with Crippen molar-refractivity contribution in [3.63, 3.8) is 0 Å². The van der Waals surface area contributed by atoms with Gasteiger partial charge in [-0.25, -0.2) is 4.79 Å². The lowest BCUT2D eigenvalue weighted by atomic mass is 9.32. The maximum absolute atomic E-state index is 14.7. The molecule has 1 aromatic rings. The molecular weight excluding hydrogens is 574 g/mol. The van der Waals surface area contributed by atoms with Gasteiger partial charge in [-0.2, -0.15) is 0 Å². The molecule has 0 aromatic heterocycles. The first-order valence-electron chi connectivity index (χ1n) is 18.1. The molecule has 1 amide bonds. The normalized spacial score (nSPS) is 43.2. The Balaban J connectivity index is 1.33. The van der Waals surface area contributed by atoms with Crippen LogP contribution in [-0.2, 0) is 20.7 Å². The van der Waals surface area contributed by atoms with Gasteiger partial charge in [0.05, 0.1) is 18.6 Å². The molecule has 0 saturated heterocycles. The highest BCUT2D eigenvalue weighted by Crippen LogP contribution is 2.77. The highest BCUT2D eigenvalue weighted by Gasteiger charge is 2.72. The number of carbonyl (C=O) groups excluding carboxylic acids is 2. The van der Waals surface area contributed by atoms with E-state index in [1.165, 1.54) is 25.5 Å². The molecular formula is C40H59NO5. The molecule has 6 rings (SSSR count). The zero-order valence-corrected chi connectivity index (χ0v) is 29.5. The second-order valence-corrected chi connectivity index (χ2v) is 17.6. The molecule has 3 N–H and O–H groups in total. The number of amides is 1. The molecule has 11 atom stereocenters. The molecule has 5 aliphatic carbocycles. The fourth-order valence-electron chi connectivity index (χ4n) is 13.0. The number of benzene rings is 1. The largest absolute Gasteiger partial charge is 0.508 e. The zero-order chi connectivity index (χ0) is 33.4. The Morgan fingerprint density at radius 1 is 0.913 bits per heavy atom. The van der Waals surface area contributed by atoms with Crippen LogP contribution in [-0.4, -0.2) is 41.3 Å². The van der Waals surface area contributed by atoms with Gasteiger partial charge in [-0.15, -0.1) is 0 Å². The molecule has 1 aromatic carbocycles. The molecule has 5 aliphatic rings. The van der Waals surface area contributed by atoms with Gasteiger partial charge in [0, 0.05) is 6.42 Å². The second-order valence-electron chi connectivity index (χ2n) is 17.6. The van der Waals surface area contributed by atoms with Crippen LogP contribution in [0.4, 0.5) is 0 Å². The van der Waals surface area contributed by atoms with E-state index >= 15 is 0 Å². The Bertz CT molecular complexity index is 1370. The highest BCUT2D eigenvalue weighted by molar-refractivity contribution is 5.89. The number of ether oxygens (including phenoxy) is 1. The lowest BCUT2D eigenvalue weighted by molar-refractivity contribution is -0.246. The van der Waals surface area contributed by atoms with Gasteiger partial charge in [0.1, 0.15) is 11.8 Å². The van der Waals surface area contributed by atoms with Crippen LogP contribution in [0, 0.1) is 56.7 Å². The number of allylic oxidation sites excluding steroid dienone is 1. The Labute approximate surface area is 277 Å². The molecule has 0 heterocycles. The van der Waals surface area contributed by atoms with Crippen LogP contribution < -0.4 is 5.32 Å². The number of phenols is 1. The van der Waals surface area contributed by atoms with E-state index in [2.05, 4.69) is 53.4 Å². The maximum atomic E-state index is 14.7. The molecule has 0 radical (unpaired) electrons. The summed E-state index contributed by atoms with van der Waals surface area (Å²) in [5.74, 6) is 1.76. The summed E-state index contributed by atoms with van der Waals surface area (Å²) < 4.78 is 5.18. The van der Waals surface area contributed by atoms with Gasteiger partial charge >= 0.3 is 5.97 Å². The fraction of sp³-hybridized carbons (Fsp3) is 0.750. The lowest BCUT2D eigenvalue weighted by Crippen LogP contribution is -2.67. The average molecular weight is 634 g/mol. The van der Waals surface area contributed by atoms with Crippen molar-refractivity contribution in [2.45, 2.75) is 124 Å². The Kier molecular flexibility index (Phi) is 8.30. The zero-order valence-electron chi connectivity index (χ0n) is 29.5. The molecule has 0 aliphatic heterocycles. The first-order valence-corrected chi connectivity index (χ1v) is 18.1. The Morgan fingerprint density at radius 3 is 2.26 bits per heavy atom. The molecule has 46 heavy (non-hydrogen) atoms. The summed E-state index contributed by atoms with van der Waals surface area (Å²) in [5.41, 5.74) is 1.92. The standard InChI is InChI=1S/C40H59NO5/c1-24(2)27-15-20-40(35(45)41-29(34(44)46-8)23-25-9-11-26(42)12-10-25)22-21-38(6)28(33(27)40)13-14-31-37(5)18-17-32(43)36(3,4)30(37)16-19-39(31,38)7/h9-12,27-33,42-43H,1,13-23H2,2-8H3,(H,41,45)/t27-,28+,29-,30-,31+,32-,33+,37-,38+,39+,40-/m0/s1. The minimum absolute atomic E-state index is 0.00319. The number of nitrogens with one attached hydrogen (secondary N) is 1. The van der Waals surface area contributed by atoms with Crippen LogP contribution in [0.15, 0.2) is 36.4 Å². The lowest BCUT2D eigenvalue weighted by Gasteiger charge is -2.72. The van der Waals surface area contributed by atoms with Crippen molar-refractivity contribution in [3.05, 3.63) is 42.0 Å². The van der Waals surface area contributed by atoms with Gasteiger partial charge in [0.2, 0.25) is 5.91 Å². The monoisotopic (exact) mass is 633 g/mol. The van der Waals surface area contributed by atoms with E-state index in [1.54, 1.807) is 24.3 Å². The molecule has 5 fully saturated rings. The number of methoxy groups -OCH3 is 1. The van der Waals surface area contributed by atoms with Crippen molar-refractivity contribution in [1.29, 1.82) is 0 Å². The van der Waals surface area contributed by atoms with Gasteiger partial charge in [-0.05, 0) is 140 Å². The number of hydrogen-bond donors (Lipinski definition) is 3. The van der Waals surface area contributed by atoms with Crippen LogP contribution in [0.25, 0.3) is 0 Å². The third-order valence-electron chi connectivity index (χ3n) is 15.7. The quantitative estimate of drug-likeness (QED) is 0.221. The van der Waals surface area contributed by atoms with E-state index < -0.39 is 17.4 Å². The number of aromatic hydroxyl groups is 1. The van der Waals surface area contributed by atoms with E-state index in [0.29, 0.717) is 30.1 Å². The second kappa shape index (κ2) is 11.4. The molecule has 6 heteroatoms. The number of rotatable bonds is 6. The van der Waals surface area contributed by atoms with E-state index in [4.69, 9.17) is 4.74 Å².